The van der Waals surface area contributed by atoms with E-state index in [4.69, 9.17) is 9.47 Å². The normalized spacial score (nSPS) is 16.1. The van der Waals surface area contributed by atoms with Crippen molar-refractivity contribution in [3.05, 3.63) is 83.4 Å². The van der Waals surface area contributed by atoms with Gasteiger partial charge >= 0.3 is 0 Å². The molecule has 0 radical (unpaired) electrons. The molecule has 156 valence electrons. The molecule has 5 heteroatoms. The van der Waals surface area contributed by atoms with Crippen molar-refractivity contribution in [3.63, 3.8) is 0 Å². The number of fused-ring (bicyclic) bond motifs is 1. The van der Waals surface area contributed by atoms with E-state index in [1.165, 1.54) is 0 Å². The first-order valence-corrected chi connectivity index (χ1v) is 10.4. The molecule has 3 aromatic rings. The largest absolute Gasteiger partial charge is 0.488 e. The number of carbonyl (C=O) groups excluding carboxylic acids is 1. The summed E-state index contributed by atoms with van der Waals surface area (Å²) in [6.07, 6.45) is 3.56. The van der Waals surface area contributed by atoms with Crippen LogP contribution in [-0.2, 0) is 16.1 Å². The van der Waals surface area contributed by atoms with Crippen molar-refractivity contribution in [1.82, 2.24) is 5.32 Å². The van der Waals surface area contributed by atoms with E-state index < -0.39 is 5.91 Å². The summed E-state index contributed by atoms with van der Waals surface area (Å²) in [6.45, 7) is 1.53. The fraction of sp³-hybridized carbons (Fsp3) is 0.231. The Kier molecular flexibility index (Phi) is 6.61. The van der Waals surface area contributed by atoms with E-state index in [2.05, 4.69) is 5.32 Å². The summed E-state index contributed by atoms with van der Waals surface area (Å²) >= 11 is 0. The number of ether oxygens (including phenoxy) is 2. The third-order valence-electron chi connectivity index (χ3n) is 5.34. The van der Waals surface area contributed by atoms with Crippen LogP contribution in [0.4, 0.5) is 0 Å². The lowest BCUT2D eigenvalue weighted by Crippen LogP contribution is -2.32. The lowest BCUT2D eigenvalue weighted by atomic mass is 10.0. The fourth-order valence-electron chi connectivity index (χ4n) is 3.69. The van der Waals surface area contributed by atoms with Gasteiger partial charge in [-0.3, -0.25) is 4.79 Å². The number of benzene rings is 3. The van der Waals surface area contributed by atoms with Crippen LogP contribution in [0.2, 0.25) is 0 Å². The molecule has 1 saturated heterocycles. The molecule has 1 atom stereocenters. The van der Waals surface area contributed by atoms with Crippen LogP contribution in [0.3, 0.4) is 0 Å². The van der Waals surface area contributed by atoms with Crippen LogP contribution in [0.1, 0.15) is 24.0 Å². The standard InChI is InChI=1S/C26H24N2O3/c27-16-21(26(29)28-17-22-10-6-14-30-22)15-24-23-11-5-4-9-20(23)12-13-25(24)31-18-19-7-2-1-3-8-19/h1-5,7-9,11-13,15,22H,6,10,14,17-18H2,(H,28,29)/b21-15+. The van der Waals surface area contributed by atoms with Gasteiger partial charge in [0, 0.05) is 18.7 Å². The Hall–Kier alpha value is -3.62. The summed E-state index contributed by atoms with van der Waals surface area (Å²) in [7, 11) is 0. The lowest BCUT2D eigenvalue weighted by Gasteiger charge is -2.13. The van der Waals surface area contributed by atoms with Gasteiger partial charge in [0.05, 0.1) is 6.10 Å². The van der Waals surface area contributed by atoms with Crippen LogP contribution in [-0.4, -0.2) is 25.2 Å². The van der Waals surface area contributed by atoms with Gasteiger partial charge in [-0.05, 0) is 41.3 Å². The summed E-state index contributed by atoms with van der Waals surface area (Å²) < 4.78 is 11.6. The first-order valence-electron chi connectivity index (χ1n) is 10.4. The van der Waals surface area contributed by atoms with Crippen molar-refractivity contribution >= 4 is 22.8 Å². The van der Waals surface area contributed by atoms with Crippen LogP contribution in [0.25, 0.3) is 16.8 Å². The molecule has 1 aliphatic heterocycles. The zero-order valence-electron chi connectivity index (χ0n) is 17.2. The van der Waals surface area contributed by atoms with Crippen molar-refractivity contribution < 1.29 is 14.3 Å². The number of hydrogen-bond donors (Lipinski definition) is 1. The molecule has 5 nitrogen and oxygen atoms in total. The van der Waals surface area contributed by atoms with Crippen molar-refractivity contribution in [2.45, 2.75) is 25.6 Å². The number of hydrogen-bond acceptors (Lipinski definition) is 4. The van der Waals surface area contributed by atoms with Gasteiger partial charge in [-0.25, -0.2) is 0 Å². The molecular weight excluding hydrogens is 388 g/mol. The van der Waals surface area contributed by atoms with Gasteiger partial charge in [-0.15, -0.1) is 0 Å². The van der Waals surface area contributed by atoms with Gasteiger partial charge in [0.15, 0.2) is 0 Å². The Morgan fingerprint density at radius 2 is 1.94 bits per heavy atom. The van der Waals surface area contributed by atoms with Crippen LogP contribution in [0.15, 0.2) is 72.3 Å². The molecule has 0 spiro atoms. The first kappa shape index (κ1) is 20.6. The second-order valence-electron chi connectivity index (χ2n) is 7.49. The average Bonchev–Trinajstić information content (AvgIpc) is 3.34. The Bertz CT molecular complexity index is 1130. The third-order valence-corrected chi connectivity index (χ3v) is 5.34. The zero-order valence-corrected chi connectivity index (χ0v) is 17.2. The molecule has 1 N–H and O–H groups in total. The fourth-order valence-corrected chi connectivity index (χ4v) is 3.69. The highest BCUT2D eigenvalue weighted by atomic mass is 16.5. The number of nitrogens with one attached hydrogen (secondary N) is 1. The highest BCUT2D eigenvalue weighted by Gasteiger charge is 2.18. The molecular formula is C26H24N2O3. The summed E-state index contributed by atoms with van der Waals surface area (Å²) in [4.78, 5) is 12.7. The number of rotatable bonds is 7. The quantitative estimate of drug-likeness (QED) is 0.454. The minimum atomic E-state index is -0.403. The predicted octanol–water partition coefficient (Wildman–Crippen LogP) is 4.62. The summed E-state index contributed by atoms with van der Waals surface area (Å²) in [5.41, 5.74) is 1.80. The van der Waals surface area contributed by atoms with Gasteiger partial charge in [-0.2, -0.15) is 5.26 Å². The zero-order chi connectivity index (χ0) is 21.5. The van der Waals surface area contributed by atoms with E-state index in [0.29, 0.717) is 18.9 Å². The number of carbonyl (C=O) groups is 1. The van der Waals surface area contributed by atoms with Crippen molar-refractivity contribution in [2.24, 2.45) is 0 Å². The maximum Gasteiger partial charge on any atom is 0.262 e. The summed E-state index contributed by atoms with van der Waals surface area (Å²) in [5, 5.41) is 14.4. The number of amides is 1. The van der Waals surface area contributed by atoms with E-state index in [1.807, 2.05) is 72.8 Å². The van der Waals surface area contributed by atoms with Crippen LogP contribution >= 0.6 is 0 Å². The topological polar surface area (TPSA) is 71.3 Å². The smallest absolute Gasteiger partial charge is 0.262 e. The third kappa shape index (κ3) is 5.11. The van der Waals surface area contributed by atoms with Crippen LogP contribution < -0.4 is 10.1 Å². The van der Waals surface area contributed by atoms with Gasteiger partial charge in [0.2, 0.25) is 0 Å². The Labute approximate surface area is 181 Å². The molecule has 1 aliphatic rings. The molecule has 0 aromatic heterocycles. The van der Waals surface area contributed by atoms with Crippen molar-refractivity contribution in [2.75, 3.05) is 13.2 Å². The van der Waals surface area contributed by atoms with Crippen molar-refractivity contribution in [3.8, 4) is 11.8 Å². The molecule has 0 bridgehead atoms. The number of nitriles is 1. The molecule has 1 fully saturated rings. The van der Waals surface area contributed by atoms with Gasteiger partial charge in [-0.1, -0.05) is 60.7 Å². The average molecular weight is 412 g/mol. The summed E-state index contributed by atoms with van der Waals surface area (Å²) in [6, 6.07) is 23.7. The molecule has 1 heterocycles. The van der Waals surface area contributed by atoms with Gasteiger partial charge in [0.1, 0.15) is 24.0 Å². The minimum absolute atomic E-state index is 0.0196. The molecule has 1 amide bonds. The van der Waals surface area contributed by atoms with E-state index in [1.54, 1.807) is 6.08 Å². The van der Waals surface area contributed by atoms with E-state index in [-0.39, 0.29) is 11.7 Å². The van der Waals surface area contributed by atoms with Gasteiger partial charge in [0.25, 0.3) is 5.91 Å². The van der Waals surface area contributed by atoms with Gasteiger partial charge < -0.3 is 14.8 Å². The predicted molar refractivity (Wildman–Crippen MR) is 120 cm³/mol. The van der Waals surface area contributed by atoms with Crippen LogP contribution in [0.5, 0.6) is 5.75 Å². The molecule has 0 saturated carbocycles. The molecule has 1 unspecified atom stereocenters. The lowest BCUT2D eigenvalue weighted by molar-refractivity contribution is -0.117. The first-order chi connectivity index (χ1) is 15.2. The number of nitrogens with zero attached hydrogens (tertiary/aromatic N) is 1. The second kappa shape index (κ2) is 9.92. The van der Waals surface area contributed by atoms with E-state index >= 15 is 0 Å². The van der Waals surface area contributed by atoms with Crippen LogP contribution in [0, 0.1) is 11.3 Å². The highest BCUT2D eigenvalue weighted by Crippen LogP contribution is 2.31. The molecule has 3 aromatic carbocycles. The molecule has 4 rings (SSSR count). The molecule has 31 heavy (non-hydrogen) atoms. The Morgan fingerprint density at radius 3 is 2.71 bits per heavy atom. The molecule has 0 aliphatic carbocycles. The maximum absolute atomic E-state index is 12.7. The van der Waals surface area contributed by atoms with E-state index in [9.17, 15) is 10.1 Å². The van der Waals surface area contributed by atoms with E-state index in [0.717, 1.165) is 41.3 Å². The maximum atomic E-state index is 12.7. The highest BCUT2D eigenvalue weighted by molar-refractivity contribution is 6.05. The second-order valence-corrected chi connectivity index (χ2v) is 7.49. The Balaban J connectivity index is 1.62. The summed E-state index contributed by atoms with van der Waals surface area (Å²) in [5.74, 6) is 0.224. The monoisotopic (exact) mass is 412 g/mol. The Morgan fingerprint density at radius 1 is 1.13 bits per heavy atom. The SMILES string of the molecule is N#C/C(=C\c1c(OCc2ccccc2)ccc2ccccc12)C(=O)NCC1CCCO1. The minimum Gasteiger partial charge on any atom is -0.488 e. The van der Waals surface area contributed by atoms with Crippen molar-refractivity contribution in [1.29, 1.82) is 5.26 Å².